The molecule has 0 aliphatic rings. The van der Waals surface area contributed by atoms with Crippen LogP contribution in [0, 0.1) is 11.8 Å². The summed E-state index contributed by atoms with van der Waals surface area (Å²) in [5.41, 5.74) is 4.03. The van der Waals surface area contributed by atoms with Gasteiger partial charge in [0.25, 0.3) is 0 Å². The predicted octanol–water partition coefficient (Wildman–Crippen LogP) is 3.53. The van der Waals surface area contributed by atoms with E-state index in [1.54, 1.807) is 11.6 Å². The molecule has 0 atom stereocenters. The van der Waals surface area contributed by atoms with Crippen LogP contribution in [0.1, 0.15) is 48.7 Å². The van der Waals surface area contributed by atoms with Crippen LogP contribution in [0.2, 0.25) is 0 Å². The molecule has 1 N–H and O–H groups in total. The lowest BCUT2D eigenvalue weighted by atomic mass is 9.98. The van der Waals surface area contributed by atoms with Crippen LogP contribution in [0.15, 0.2) is 48.5 Å². The molecule has 154 valence electrons. The van der Waals surface area contributed by atoms with Gasteiger partial charge in [0.15, 0.2) is 5.82 Å². The number of Topliss-reactive ketones (excluding diaryl/α,β-unsaturated/α-hetero) is 1. The van der Waals surface area contributed by atoms with Crippen molar-refractivity contribution in [3.05, 3.63) is 65.7 Å². The van der Waals surface area contributed by atoms with Crippen LogP contribution < -0.4 is 0 Å². The number of ketones is 1. The molecular weight excluding hydrogens is 390 g/mol. The number of hydrogen-bond acceptors (Lipinski definition) is 6. The lowest BCUT2D eigenvalue weighted by Gasteiger charge is -2.09. The van der Waals surface area contributed by atoms with E-state index in [1.807, 2.05) is 55.5 Å². The first-order valence-electron chi connectivity index (χ1n) is 10.1. The van der Waals surface area contributed by atoms with Gasteiger partial charge in [0, 0.05) is 18.4 Å². The molecule has 0 spiro atoms. The minimum Gasteiger partial charge on any atom is -0.291 e. The molecule has 0 radical (unpaired) electrons. The van der Waals surface area contributed by atoms with Crippen molar-refractivity contribution in [1.29, 1.82) is 0 Å². The molecule has 2 heterocycles. The molecule has 0 bridgehead atoms. The Morgan fingerprint density at radius 3 is 2.52 bits per heavy atom. The number of nitrogens with zero attached hydrogens (tertiary/aromatic N) is 6. The van der Waals surface area contributed by atoms with E-state index < -0.39 is 0 Å². The summed E-state index contributed by atoms with van der Waals surface area (Å²) in [6, 6.07) is 16.1. The van der Waals surface area contributed by atoms with Crippen LogP contribution in [-0.2, 0) is 6.54 Å². The summed E-state index contributed by atoms with van der Waals surface area (Å²) in [6.07, 6.45) is 1.07. The van der Waals surface area contributed by atoms with Crippen molar-refractivity contribution >= 4 is 5.78 Å². The lowest BCUT2D eigenvalue weighted by molar-refractivity contribution is 0.0978. The molecule has 2 aromatic heterocycles. The highest BCUT2D eigenvalue weighted by Crippen LogP contribution is 2.29. The summed E-state index contributed by atoms with van der Waals surface area (Å²) in [5, 5.41) is 18.6. The second-order valence-corrected chi connectivity index (χ2v) is 6.84. The maximum atomic E-state index is 12.0. The van der Waals surface area contributed by atoms with Crippen LogP contribution in [0.5, 0.6) is 0 Å². The van der Waals surface area contributed by atoms with E-state index >= 15 is 0 Å². The lowest BCUT2D eigenvalue weighted by Crippen LogP contribution is -2.06. The quantitative estimate of drug-likeness (QED) is 0.385. The third-order valence-electron chi connectivity index (χ3n) is 4.74. The van der Waals surface area contributed by atoms with E-state index in [9.17, 15) is 4.79 Å². The monoisotopic (exact) mass is 411 g/mol. The molecular formula is C23H21N7O. The van der Waals surface area contributed by atoms with Crippen molar-refractivity contribution < 1.29 is 4.79 Å². The third-order valence-corrected chi connectivity index (χ3v) is 4.74. The van der Waals surface area contributed by atoms with Gasteiger partial charge in [-0.25, -0.2) is 9.78 Å². The van der Waals surface area contributed by atoms with Crippen LogP contribution in [0.25, 0.3) is 22.5 Å². The predicted molar refractivity (Wildman–Crippen MR) is 116 cm³/mol. The van der Waals surface area contributed by atoms with Crippen LogP contribution in [-0.4, -0.2) is 41.2 Å². The Balaban J connectivity index is 1.62. The fourth-order valence-corrected chi connectivity index (χ4v) is 3.17. The van der Waals surface area contributed by atoms with Gasteiger partial charge in [0.1, 0.15) is 0 Å². The number of carbonyl (C=O) groups is 1. The topological polar surface area (TPSA) is 102 Å². The van der Waals surface area contributed by atoms with Gasteiger partial charge < -0.3 is 0 Å². The molecule has 0 unspecified atom stereocenters. The number of aromatic amines is 1. The number of carbonyl (C=O) groups excluding carboxylic acids is 1. The average Bonchev–Trinajstić information content (AvgIpc) is 3.48. The molecule has 0 saturated heterocycles. The Hall–Kier alpha value is -4.12. The largest absolute Gasteiger partial charge is 0.291 e. The zero-order valence-corrected chi connectivity index (χ0v) is 17.3. The number of hydrogen-bond donors (Lipinski definition) is 1. The molecule has 0 aliphatic carbocycles. The second kappa shape index (κ2) is 9.13. The van der Waals surface area contributed by atoms with E-state index in [0.717, 1.165) is 22.3 Å². The molecule has 8 nitrogen and oxygen atoms in total. The zero-order valence-electron chi connectivity index (χ0n) is 17.3. The molecule has 0 amide bonds. The van der Waals surface area contributed by atoms with E-state index in [4.69, 9.17) is 0 Å². The second-order valence-electron chi connectivity index (χ2n) is 6.84. The minimum atomic E-state index is -0.0906. The SMILES string of the molecule is CCC#Cc1nc(C(=O)CC)nn1Cc1ccc(-c2ccccc2-c2nnn[nH]2)cc1. The Morgan fingerprint density at radius 1 is 1.06 bits per heavy atom. The Bertz CT molecular complexity index is 1250. The molecule has 8 heteroatoms. The van der Waals surface area contributed by atoms with Crippen molar-refractivity contribution in [2.75, 3.05) is 0 Å². The first-order valence-corrected chi connectivity index (χ1v) is 10.1. The summed E-state index contributed by atoms with van der Waals surface area (Å²) >= 11 is 0. The normalized spacial score (nSPS) is 10.5. The van der Waals surface area contributed by atoms with Crippen LogP contribution in [0.4, 0.5) is 0 Å². The van der Waals surface area contributed by atoms with E-state index in [2.05, 4.69) is 42.5 Å². The summed E-state index contributed by atoms with van der Waals surface area (Å²) < 4.78 is 1.69. The molecule has 31 heavy (non-hydrogen) atoms. The Kier molecular flexibility index (Phi) is 5.94. The molecule has 0 saturated carbocycles. The highest BCUT2D eigenvalue weighted by atomic mass is 16.1. The first kappa shape index (κ1) is 20.2. The standard InChI is InChI=1S/C23H21N7O/c1-3-5-10-21-24-23(20(31)4-2)27-30(21)15-16-11-13-17(14-12-16)18-8-6-7-9-19(18)22-25-28-29-26-22/h6-9,11-14H,3-4,15H2,1-2H3,(H,25,26,28,29). The zero-order chi connectivity index (χ0) is 21.6. The van der Waals surface area contributed by atoms with Crippen molar-refractivity contribution in [3.63, 3.8) is 0 Å². The summed E-state index contributed by atoms with van der Waals surface area (Å²) in [5.74, 6) is 7.27. The summed E-state index contributed by atoms with van der Waals surface area (Å²) in [4.78, 5) is 16.4. The third kappa shape index (κ3) is 4.41. The fraction of sp³-hybridized carbons (Fsp3) is 0.217. The maximum Gasteiger partial charge on any atom is 0.218 e. The van der Waals surface area contributed by atoms with Crippen molar-refractivity contribution in [2.24, 2.45) is 0 Å². The first-order chi connectivity index (χ1) is 15.2. The van der Waals surface area contributed by atoms with Gasteiger partial charge in [-0.2, -0.15) is 4.98 Å². The molecule has 4 rings (SSSR count). The highest BCUT2D eigenvalue weighted by molar-refractivity contribution is 5.92. The Morgan fingerprint density at radius 2 is 1.84 bits per heavy atom. The van der Waals surface area contributed by atoms with Gasteiger partial charge in [-0.15, -0.1) is 10.2 Å². The number of nitrogens with one attached hydrogen (secondary N) is 1. The van der Waals surface area contributed by atoms with Crippen LogP contribution in [0.3, 0.4) is 0 Å². The van der Waals surface area contributed by atoms with E-state index in [0.29, 0.717) is 31.0 Å². The number of rotatable bonds is 6. The minimum absolute atomic E-state index is 0.0906. The van der Waals surface area contributed by atoms with Crippen LogP contribution >= 0.6 is 0 Å². The van der Waals surface area contributed by atoms with Gasteiger partial charge in [-0.05, 0) is 33.0 Å². The highest BCUT2D eigenvalue weighted by Gasteiger charge is 2.15. The Labute approximate surface area is 179 Å². The van der Waals surface area contributed by atoms with Crippen molar-refractivity contribution in [3.8, 4) is 34.4 Å². The fourth-order valence-electron chi connectivity index (χ4n) is 3.17. The van der Waals surface area contributed by atoms with Gasteiger partial charge >= 0.3 is 0 Å². The average molecular weight is 411 g/mol. The molecule has 0 fully saturated rings. The summed E-state index contributed by atoms with van der Waals surface area (Å²) in [7, 11) is 0. The van der Waals surface area contributed by atoms with Gasteiger partial charge in [0.2, 0.25) is 17.4 Å². The van der Waals surface area contributed by atoms with E-state index in [-0.39, 0.29) is 11.6 Å². The maximum absolute atomic E-state index is 12.0. The van der Waals surface area contributed by atoms with Gasteiger partial charge in [-0.3, -0.25) is 4.79 Å². The number of H-pyrrole nitrogens is 1. The smallest absolute Gasteiger partial charge is 0.218 e. The van der Waals surface area contributed by atoms with Crippen molar-refractivity contribution in [1.82, 2.24) is 35.4 Å². The van der Waals surface area contributed by atoms with E-state index in [1.165, 1.54) is 0 Å². The van der Waals surface area contributed by atoms with Gasteiger partial charge in [-0.1, -0.05) is 68.3 Å². The van der Waals surface area contributed by atoms with Crippen molar-refractivity contribution in [2.45, 2.75) is 33.2 Å². The molecule has 0 aliphatic heterocycles. The van der Waals surface area contributed by atoms with Gasteiger partial charge in [0.05, 0.1) is 6.54 Å². The summed E-state index contributed by atoms with van der Waals surface area (Å²) in [6.45, 7) is 4.24. The molecule has 2 aromatic carbocycles. The number of tetrazole rings is 1. The number of aromatic nitrogens is 7. The molecule has 4 aromatic rings. The number of benzene rings is 2.